The lowest BCUT2D eigenvalue weighted by molar-refractivity contribution is 0.0932. The van der Waals surface area contributed by atoms with E-state index in [2.05, 4.69) is 18.0 Å². The molecule has 0 saturated heterocycles. The van der Waals surface area contributed by atoms with Crippen LogP contribution in [0.1, 0.15) is 31.4 Å². The zero-order valence-electron chi connectivity index (χ0n) is 11.1. The van der Waals surface area contributed by atoms with Crippen molar-refractivity contribution in [1.82, 2.24) is 4.90 Å². The summed E-state index contributed by atoms with van der Waals surface area (Å²) in [5.41, 5.74) is 0.146. The van der Waals surface area contributed by atoms with Crippen LogP contribution >= 0.6 is 0 Å². The highest BCUT2D eigenvalue weighted by Crippen LogP contribution is 2.38. The van der Waals surface area contributed by atoms with Crippen LogP contribution in [0.25, 0.3) is 6.08 Å². The summed E-state index contributed by atoms with van der Waals surface area (Å²) in [6, 6.07) is 3.84. The maximum atomic E-state index is 9.58. The Kier molecular flexibility index (Phi) is 4.61. The van der Waals surface area contributed by atoms with Crippen molar-refractivity contribution in [3.8, 4) is 0 Å². The van der Waals surface area contributed by atoms with Gasteiger partial charge in [-0.15, -0.1) is 0 Å². The number of hydrogen-bond acceptors (Lipinski definition) is 3. The lowest BCUT2D eigenvalue weighted by Crippen LogP contribution is -2.36. The summed E-state index contributed by atoms with van der Waals surface area (Å²) in [6.07, 6.45) is 10.6. The second-order valence-corrected chi connectivity index (χ2v) is 5.48. The van der Waals surface area contributed by atoms with Crippen molar-refractivity contribution in [1.29, 1.82) is 0 Å². The van der Waals surface area contributed by atoms with Gasteiger partial charge in [0.2, 0.25) is 0 Å². The third-order valence-corrected chi connectivity index (χ3v) is 3.85. The normalized spacial score (nSPS) is 19.1. The highest BCUT2D eigenvalue weighted by molar-refractivity contribution is 5.42. The van der Waals surface area contributed by atoms with Crippen LogP contribution in [0.3, 0.4) is 0 Å². The monoisotopic (exact) mass is 249 g/mol. The second kappa shape index (κ2) is 6.21. The molecule has 0 unspecified atom stereocenters. The zero-order chi connectivity index (χ0) is 12.8. The highest BCUT2D eigenvalue weighted by Gasteiger charge is 2.33. The number of hydrogen-bond donors (Lipinski definition) is 1. The molecule has 2 rings (SSSR count). The number of aliphatic hydroxyl groups is 1. The number of furan rings is 1. The van der Waals surface area contributed by atoms with E-state index in [0.717, 1.165) is 31.7 Å². The van der Waals surface area contributed by atoms with Crippen LogP contribution in [0, 0.1) is 5.41 Å². The Morgan fingerprint density at radius 1 is 1.44 bits per heavy atom. The van der Waals surface area contributed by atoms with E-state index in [1.165, 1.54) is 12.8 Å². The van der Waals surface area contributed by atoms with Gasteiger partial charge in [-0.2, -0.15) is 0 Å². The Morgan fingerprint density at radius 3 is 2.83 bits per heavy atom. The van der Waals surface area contributed by atoms with Crippen molar-refractivity contribution in [3.05, 3.63) is 30.2 Å². The summed E-state index contributed by atoms with van der Waals surface area (Å²) < 4.78 is 5.24. The summed E-state index contributed by atoms with van der Waals surface area (Å²) in [5, 5.41) is 9.58. The van der Waals surface area contributed by atoms with Gasteiger partial charge in [0.15, 0.2) is 0 Å². The molecular weight excluding hydrogens is 226 g/mol. The zero-order valence-corrected chi connectivity index (χ0v) is 11.1. The van der Waals surface area contributed by atoms with Crippen molar-refractivity contribution in [2.75, 3.05) is 26.7 Å². The van der Waals surface area contributed by atoms with Crippen molar-refractivity contribution in [3.63, 3.8) is 0 Å². The Labute approximate surface area is 109 Å². The minimum Gasteiger partial charge on any atom is -0.465 e. The molecule has 1 fully saturated rings. The first-order chi connectivity index (χ1) is 8.74. The van der Waals surface area contributed by atoms with Crippen molar-refractivity contribution in [2.45, 2.75) is 25.7 Å². The summed E-state index contributed by atoms with van der Waals surface area (Å²) in [4.78, 5) is 2.28. The van der Waals surface area contributed by atoms with E-state index >= 15 is 0 Å². The average molecular weight is 249 g/mol. The molecule has 0 bridgehead atoms. The van der Waals surface area contributed by atoms with Gasteiger partial charge in [-0.3, -0.25) is 0 Å². The maximum Gasteiger partial charge on any atom is 0.126 e. The Bertz CT molecular complexity index is 364. The van der Waals surface area contributed by atoms with Gasteiger partial charge in [0, 0.05) is 25.1 Å². The molecule has 1 N–H and O–H groups in total. The summed E-state index contributed by atoms with van der Waals surface area (Å²) in [5.74, 6) is 0.890. The van der Waals surface area contributed by atoms with Gasteiger partial charge in [-0.25, -0.2) is 0 Å². The molecule has 1 aliphatic carbocycles. The molecule has 0 amide bonds. The molecule has 1 aromatic rings. The van der Waals surface area contributed by atoms with Gasteiger partial charge in [0.1, 0.15) is 5.76 Å². The molecule has 1 aliphatic rings. The maximum absolute atomic E-state index is 9.58. The first-order valence-corrected chi connectivity index (χ1v) is 6.74. The van der Waals surface area contributed by atoms with Gasteiger partial charge < -0.3 is 14.4 Å². The molecule has 0 aromatic carbocycles. The molecule has 0 atom stereocenters. The van der Waals surface area contributed by atoms with Crippen LogP contribution in [0.15, 0.2) is 28.9 Å². The summed E-state index contributed by atoms with van der Waals surface area (Å²) in [7, 11) is 2.11. The van der Waals surface area contributed by atoms with E-state index in [-0.39, 0.29) is 5.41 Å². The van der Waals surface area contributed by atoms with Crippen LogP contribution in [0.2, 0.25) is 0 Å². The van der Waals surface area contributed by atoms with Crippen LogP contribution in [-0.4, -0.2) is 36.8 Å². The summed E-state index contributed by atoms with van der Waals surface area (Å²) >= 11 is 0. The molecular formula is C15H23NO2. The number of aliphatic hydroxyl groups excluding tert-OH is 1. The lowest BCUT2D eigenvalue weighted by Gasteiger charge is -2.31. The fourth-order valence-electron chi connectivity index (χ4n) is 2.86. The fourth-order valence-corrected chi connectivity index (χ4v) is 2.86. The van der Waals surface area contributed by atoms with Crippen molar-refractivity contribution < 1.29 is 9.52 Å². The molecule has 1 aromatic heterocycles. The third-order valence-electron chi connectivity index (χ3n) is 3.85. The second-order valence-electron chi connectivity index (χ2n) is 5.48. The van der Waals surface area contributed by atoms with Gasteiger partial charge in [-0.1, -0.05) is 18.9 Å². The Balaban J connectivity index is 1.79. The average Bonchev–Trinajstić information content (AvgIpc) is 3.01. The number of likely N-dealkylation sites (N-methyl/N-ethyl adjacent to an activating group) is 1. The van der Waals surface area contributed by atoms with E-state index in [1.54, 1.807) is 6.26 Å². The molecule has 0 spiro atoms. The number of rotatable bonds is 6. The molecule has 18 heavy (non-hydrogen) atoms. The molecule has 0 aliphatic heterocycles. The van der Waals surface area contributed by atoms with Crippen LogP contribution < -0.4 is 0 Å². The molecule has 1 heterocycles. The Hall–Kier alpha value is -1.06. The summed E-state index contributed by atoms with van der Waals surface area (Å²) in [6.45, 7) is 2.19. The largest absolute Gasteiger partial charge is 0.465 e. The quantitative estimate of drug-likeness (QED) is 0.842. The predicted molar refractivity (Wildman–Crippen MR) is 73.2 cm³/mol. The lowest BCUT2D eigenvalue weighted by atomic mass is 9.87. The molecule has 3 nitrogen and oxygen atoms in total. The standard InChI is InChI=1S/C15H23NO2/c1-16(10-4-6-14-7-5-11-18-14)12-15(13-17)8-2-3-9-15/h4-7,11,17H,2-3,8-10,12-13H2,1H3. The van der Waals surface area contributed by atoms with Crippen LogP contribution in [0.5, 0.6) is 0 Å². The third kappa shape index (κ3) is 3.47. The van der Waals surface area contributed by atoms with E-state index in [0.29, 0.717) is 6.61 Å². The fraction of sp³-hybridized carbons (Fsp3) is 0.600. The topological polar surface area (TPSA) is 36.6 Å². The highest BCUT2D eigenvalue weighted by atomic mass is 16.3. The van der Waals surface area contributed by atoms with E-state index in [1.807, 2.05) is 18.2 Å². The molecule has 1 saturated carbocycles. The minimum absolute atomic E-state index is 0.146. The van der Waals surface area contributed by atoms with E-state index in [4.69, 9.17) is 4.42 Å². The SMILES string of the molecule is CN(CC=Cc1ccco1)CC1(CO)CCCC1. The van der Waals surface area contributed by atoms with Gasteiger partial charge in [0.05, 0.1) is 6.26 Å². The Morgan fingerprint density at radius 2 is 2.22 bits per heavy atom. The van der Waals surface area contributed by atoms with E-state index < -0.39 is 0 Å². The molecule has 3 heteroatoms. The minimum atomic E-state index is 0.146. The van der Waals surface area contributed by atoms with Gasteiger partial charge in [-0.05, 0) is 38.1 Å². The predicted octanol–water partition coefficient (Wildman–Crippen LogP) is 2.78. The first-order valence-electron chi connectivity index (χ1n) is 6.74. The van der Waals surface area contributed by atoms with Crippen LogP contribution in [0.4, 0.5) is 0 Å². The van der Waals surface area contributed by atoms with Gasteiger partial charge in [0.25, 0.3) is 0 Å². The van der Waals surface area contributed by atoms with Crippen LogP contribution in [-0.2, 0) is 0 Å². The van der Waals surface area contributed by atoms with Crippen molar-refractivity contribution in [2.24, 2.45) is 5.41 Å². The number of nitrogens with zero attached hydrogens (tertiary/aromatic N) is 1. The molecule has 100 valence electrons. The molecule has 0 radical (unpaired) electrons. The van der Waals surface area contributed by atoms with E-state index in [9.17, 15) is 5.11 Å². The van der Waals surface area contributed by atoms with Crippen molar-refractivity contribution >= 4 is 6.08 Å². The first kappa shape index (κ1) is 13.4. The smallest absolute Gasteiger partial charge is 0.126 e. The van der Waals surface area contributed by atoms with Gasteiger partial charge >= 0.3 is 0 Å².